The largest absolute Gasteiger partial charge is 0.469 e. The number of carbonyl (C=O) groups is 3. The lowest BCUT2D eigenvalue weighted by Crippen LogP contribution is -2.54. The number of nitrogens with zero attached hydrogens (tertiary/aromatic N) is 1. The van der Waals surface area contributed by atoms with Crippen molar-refractivity contribution in [3.05, 3.63) is 71.8 Å². The second kappa shape index (κ2) is 13.2. The van der Waals surface area contributed by atoms with Crippen LogP contribution in [0.3, 0.4) is 0 Å². The maximum atomic E-state index is 12.3. The number of likely N-dealkylation sites (N-methyl/N-ethyl adjacent to an activating group) is 1. The molecule has 0 aliphatic rings. The van der Waals surface area contributed by atoms with Gasteiger partial charge in [0.25, 0.3) is 0 Å². The van der Waals surface area contributed by atoms with Crippen LogP contribution in [0.2, 0.25) is 0 Å². The molecule has 0 aromatic heterocycles. The van der Waals surface area contributed by atoms with E-state index in [2.05, 4.69) is 5.32 Å². The van der Waals surface area contributed by atoms with E-state index < -0.39 is 18.0 Å². The number of nitrogens with one attached hydrogen (secondary N) is 1. The van der Waals surface area contributed by atoms with Gasteiger partial charge in [-0.1, -0.05) is 60.7 Å². The first-order valence-corrected chi connectivity index (χ1v) is 11.0. The third-order valence-electron chi connectivity index (χ3n) is 5.75. The van der Waals surface area contributed by atoms with Gasteiger partial charge in [0.1, 0.15) is 6.61 Å². The molecule has 0 aliphatic heterocycles. The quantitative estimate of drug-likeness (QED) is 0.377. The number of carbonyl (C=O) groups excluding carboxylic acids is 3. The highest BCUT2D eigenvalue weighted by molar-refractivity contribution is 5.72. The van der Waals surface area contributed by atoms with Crippen molar-refractivity contribution >= 4 is 18.1 Å². The van der Waals surface area contributed by atoms with Gasteiger partial charge in [-0.15, -0.1) is 0 Å². The molecule has 0 fully saturated rings. The molecule has 2 aromatic rings. The van der Waals surface area contributed by atoms with Crippen molar-refractivity contribution in [3.8, 4) is 0 Å². The van der Waals surface area contributed by atoms with Crippen molar-refractivity contribution in [1.82, 2.24) is 5.32 Å². The number of hydrogen-bond acceptors (Lipinski definition) is 5. The predicted octanol–water partition coefficient (Wildman–Crippen LogP) is 3.25. The summed E-state index contributed by atoms with van der Waals surface area (Å²) in [6, 6.07) is 18.8. The van der Waals surface area contributed by atoms with Gasteiger partial charge < -0.3 is 20.5 Å². The molecule has 8 nitrogen and oxygen atoms in total. The molecule has 2 aromatic carbocycles. The molecule has 0 aliphatic carbocycles. The van der Waals surface area contributed by atoms with Crippen molar-refractivity contribution in [2.24, 2.45) is 11.7 Å². The topological polar surface area (TPSA) is 108 Å². The van der Waals surface area contributed by atoms with Crippen molar-refractivity contribution < 1.29 is 28.3 Å². The Morgan fingerprint density at radius 1 is 0.939 bits per heavy atom. The molecular formula is C25H34N3O5+. The molecule has 8 heteroatoms. The van der Waals surface area contributed by atoms with E-state index in [1.165, 1.54) is 7.11 Å². The average Bonchev–Trinajstić information content (AvgIpc) is 2.84. The summed E-state index contributed by atoms with van der Waals surface area (Å²) in [5, 5.41) is 2.66. The van der Waals surface area contributed by atoms with Gasteiger partial charge >= 0.3 is 18.1 Å². The number of quaternary nitrogens is 1. The first-order valence-electron chi connectivity index (χ1n) is 11.0. The minimum Gasteiger partial charge on any atom is -0.469 e. The highest BCUT2D eigenvalue weighted by Gasteiger charge is 2.32. The predicted molar refractivity (Wildman–Crippen MR) is 125 cm³/mol. The van der Waals surface area contributed by atoms with Crippen molar-refractivity contribution in [2.45, 2.75) is 25.9 Å². The van der Waals surface area contributed by atoms with Crippen LogP contribution in [0.1, 0.15) is 24.0 Å². The Morgan fingerprint density at radius 2 is 1.55 bits per heavy atom. The number of ether oxygens (including phenoxy) is 2. The summed E-state index contributed by atoms with van der Waals surface area (Å²) in [7, 11) is 3.10. The molecule has 0 heterocycles. The number of primary amides is 1. The zero-order chi connectivity index (χ0) is 24.1. The molecule has 0 radical (unpaired) electrons. The molecular weight excluding hydrogens is 422 g/mol. The first kappa shape index (κ1) is 25.9. The third kappa shape index (κ3) is 8.94. The molecule has 33 heavy (non-hydrogen) atoms. The molecule has 0 saturated heterocycles. The van der Waals surface area contributed by atoms with E-state index >= 15 is 0 Å². The van der Waals surface area contributed by atoms with Gasteiger partial charge in [0.2, 0.25) is 0 Å². The van der Waals surface area contributed by atoms with E-state index in [1.807, 2.05) is 60.7 Å². The number of urea groups is 1. The second-order valence-electron chi connectivity index (χ2n) is 8.20. The molecule has 0 saturated carbocycles. The van der Waals surface area contributed by atoms with E-state index in [-0.39, 0.29) is 23.6 Å². The van der Waals surface area contributed by atoms with Gasteiger partial charge in [-0.3, -0.25) is 4.79 Å². The zero-order valence-electron chi connectivity index (χ0n) is 19.4. The first-order chi connectivity index (χ1) is 15.8. The van der Waals surface area contributed by atoms with Crippen LogP contribution < -0.4 is 11.1 Å². The molecule has 3 amide bonds. The summed E-state index contributed by atoms with van der Waals surface area (Å²) in [6.07, 6.45) is 0.910. The van der Waals surface area contributed by atoms with Gasteiger partial charge in [0, 0.05) is 19.4 Å². The van der Waals surface area contributed by atoms with Crippen LogP contribution in [-0.4, -0.2) is 56.4 Å². The maximum Gasteiger partial charge on any atom is 0.413 e. The molecule has 2 atom stereocenters. The third-order valence-corrected chi connectivity index (χ3v) is 5.75. The van der Waals surface area contributed by atoms with Crippen LogP contribution in [-0.2, 0) is 27.3 Å². The molecule has 0 spiro atoms. The highest BCUT2D eigenvalue weighted by Crippen LogP contribution is 2.16. The minimum atomic E-state index is -0.553. The molecule has 1 unspecified atom stereocenters. The summed E-state index contributed by atoms with van der Waals surface area (Å²) >= 11 is 0. The van der Waals surface area contributed by atoms with Gasteiger partial charge in [-0.25, -0.2) is 14.1 Å². The molecule has 178 valence electrons. The van der Waals surface area contributed by atoms with Crippen LogP contribution in [0.15, 0.2) is 60.7 Å². The Labute approximate surface area is 195 Å². The summed E-state index contributed by atoms with van der Waals surface area (Å²) in [4.78, 5) is 36.4. The van der Waals surface area contributed by atoms with Crippen molar-refractivity contribution in [1.29, 1.82) is 0 Å². The molecule has 0 bridgehead atoms. The summed E-state index contributed by atoms with van der Waals surface area (Å²) < 4.78 is 10.1. The van der Waals surface area contributed by atoms with Crippen LogP contribution in [0, 0.1) is 5.92 Å². The van der Waals surface area contributed by atoms with E-state index in [9.17, 15) is 14.4 Å². The Bertz CT molecular complexity index is 891. The summed E-state index contributed by atoms with van der Waals surface area (Å²) in [5.74, 6) is -0.855. The number of methoxy groups -OCH3 is 1. The number of nitrogens with two attached hydrogens (primary N) is 1. The Balaban J connectivity index is 1.84. The van der Waals surface area contributed by atoms with Gasteiger partial charge in [-0.2, -0.15) is 0 Å². The number of hydrogen-bond donors (Lipinski definition) is 2. The zero-order valence-corrected chi connectivity index (χ0v) is 19.4. The Morgan fingerprint density at radius 3 is 2.12 bits per heavy atom. The number of amides is 3. The fourth-order valence-corrected chi connectivity index (χ4v) is 3.46. The van der Waals surface area contributed by atoms with Gasteiger partial charge in [0.05, 0.1) is 33.2 Å². The van der Waals surface area contributed by atoms with E-state index in [4.69, 9.17) is 15.2 Å². The summed E-state index contributed by atoms with van der Waals surface area (Å²) in [5.41, 5.74) is 7.70. The molecule has 3 N–H and O–H groups in total. The van der Waals surface area contributed by atoms with Crippen LogP contribution >= 0.6 is 0 Å². The Kier molecular flexibility index (Phi) is 10.4. The van der Waals surface area contributed by atoms with Crippen LogP contribution in [0.5, 0.6) is 0 Å². The van der Waals surface area contributed by atoms with Gasteiger partial charge in [-0.05, 0) is 17.5 Å². The molecule has 2 rings (SSSR count). The second-order valence-corrected chi connectivity index (χ2v) is 8.20. The highest BCUT2D eigenvalue weighted by atomic mass is 16.5. The lowest BCUT2D eigenvalue weighted by atomic mass is 10.0. The Hall–Kier alpha value is -3.39. The summed E-state index contributed by atoms with van der Waals surface area (Å²) in [6.45, 7) is 1.33. The van der Waals surface area contributed by atoms with E-state index in [0.29, 0.717) is 32.4 Å². The average molecular weight is 457 g/mol. The fraction of sp³-hybridized carbons (Fsp3) is 0.400. The lowest BCUT2D eigenvalue weighted by molar-refractivity contribution is -0.829. The fourth-order valence-electron chi connectivity index (χ4n) is 3.46. The SMILES string of the molecule is COC(=O)C(CCNC(=O)OCc1ccccc1)CC[N@@+](C)(CCc1ccccc1)C(N)=O. The monoisotopic (exact) mass is 456 g/mol. The van der Waals surface area contributed by atoms with Crippen LogP contribution in [0.4, 0.5) is 9.59 Å². The normalized spacial score (nSPS) is 13.4. The van der Waals surface area contributed by atoms with Crippen molar-refractivity contribution in [2.75, 3.05) is 33.8 Å². The van der Waals surface area contributed by atoms with E-state index in [1.54, 1.807) is 7.05 Å². The van der Waals surface area contributed by atoms with Crippen molar-refractivity contribution in [3.63, 3.8) is 0 Å². The number of rotatable bonds is 12. The van der Waals surface area contributed by atoms with E-state index in [0.717, 1.165) is 11.1 Å². The van der Waals surface area contributed by atoms with Gasteiger partial charge in [0.15, 0.2) is 0 Å². The maximum absolute atomic E-state index is 12.3. The number of alkyl carbamates (subject to hydrolysis) is 1. The smallest absolute Gasteiger partial charge is 0.413 e. The number of esters is 1. The number of benzene rings is 2. The van der Waals surface area contributed by atoms with Crippen LogP contribution in [0.25, 0.3) is 0 Å². The standard InChI is InChI=1S/C25H33N3O5/c1-28(24(26)30,17-14-20-9-5-3-6-10-20)18-15-22(23(29)32-2)13-16-27-25(31)33-19-21-11-7-4-8-12-21/h3-12,22H,13-19H2,1-2H3,(H2-,26,27,30,31)/p+1/t22?,28-/m1/s1. The minimum absolute atomic E-state index is 0.00886. The lowest BCUT2D eigenvalue weighted by Gasteiger charge is -2.31.